The lowest BCUT2D eigenvalue weighted by Gasteiger charge is -2.32. The lowest BCUT2D eigenvalue weighted by atomic mass is 10.1. The van der Waals surface area contributed by atoms with E-state index in [-0.39, 0.29) is 12.3 Å². The van der Waals surface area contributed by atoms with Gasteiger partial charge in [0.2, 0.25) is 5.91 Å². The third-order valence-corrected chi connectivity index (χ3v) is 5.47. The molecule has 1 atom stereocenters. The van der Waals surface area contributed by atoms with Crippen molar-refractivity contribution in [1.29, 1.82) is 0 Å². The van der Waals surface area contributed by atoms with Crippen LogP contribution >= 0.6 is 0 Å². The van der Waals surface area contributed by atoms with E-state index in [0.29, 0.717) is 39.1 Å². The second-order valence-corrected chi connectivity index (χ2v) is 7.72. The van der Waals surface area contributed by atoms with Crippen LogP contribution in [0.4, 0.5) is 0 Å². The zero-order valence-electron chi connectivity index (χ0n) is 17.4. The highest BCUT2D eigenvalue weighted by Crippen LogP contribution is 2.18. The van der Waals surface area contributed by atoms with E-state index in [2.05, 4.69) is 36.3 Å². The molecule has 1 N–H and O–H groups in total. The highest BCUT2D eigenvalue weighted by Gasteiger charge is 2.26. The molecule has 0 saturated carbocycles. The average molecular weight is 399 g/mol. The number of aryl methyl sites for hydroxylation is 2. The fourth-order valence-electron chi connectivity index (χ4n) is 3.77. The number of morpholine rings is 1. The van der Waals surface area contributed by atoms with Gasteiger partial charge in [-0.05, 0) is 38.3 Å². The molecule has 0 bridgehead atoms. The lowest BCUT2D eigenvalue weighted by molar-refractivity contribution is -0.147. The van der Waals surface area contributed by atoms with E-state index < -0.39 is 12.1 Å². The molecule has 1 saturated heterocycles. The number of nitrogens with zero attached hydrogens (tertiary/aromatic N) is 3. The van der Waals surface area contributed by atoms with Gasteiger partial charge in [-0.3, -0.25) is 14.3 Å². The van der Waals surface area contributed by atoms with Gasteiger partial charge in [0.05, 0.1) is 31.4 Å². The van der Waals surface area contributed by atoms with E-state index >= 15 is 0 Å². The Morgan fingerprint density at radius 2 is 1.93 bits per heavy atom. The number of aromatic nitrogens is 2. The van der Waals surface area contributed by atoms with Gasteiger partial charge in [-0.25, -0.2) is 0 Å². The second-order valence-electron chi connectivity index (χ2n) is 7.72. The third-order valence-electron chi connectivity index (χ3n) is 5.47. The van der Waals surface area contributed by atoms with E-state index in [0.717, 1.165) is 17.0 Å². The molecule has 0 unspecified atom stereocenters. The summed E-state index contributed by atoms with van der Waals surface area (Å²) in [5.41, 5.74) is 5.58. The molecule has 1 aromatic carbocycles. The molecule has 156 valence electrons. The van der Waals surface area contributed by atoms with Crippen molar-refractivity contribution in [2.45, 2.75) is 52.7 Å². The number of rotatable bonds is 7. The van der Waals surface area contributed by atoms with Gasteiger partial charge < -0.3 is 14.7 Å². The largest absolute Gasteiger partial charge is 0.481 e. The van der Waals surface area contributed by atoms with Gasteiger partial charge in [-0.2, -0.15) is 5.10 Å². The number of benzene rings is 1. The molecule has 1 aromatic heterocycles. The van der Waals surface area contributed by atoms with Gasteiger partial charge in [-0.15, -0.1) is 0 Å². The number of amides is 1. The zero-order valence-corrected chi connectivity index (χ0v) is 17.4. The van der Waals surface area contributed by atoms with E-state index in [1.807, 2.05) is 18.5 Å². The summed E-state index contributed by atoms with van der Waals surface area (Å²) in [6, 6.07) is 8.42. The maximum Gasteiger partial charge on any atom is 0.306 e. The molecule has 0 aliphatic carbocycles. The van der Waals surface area contributed by atoms with Gasteiger partial charge in [0, 0.05) is 25.2 Å². The molecular weight excluding hydrogens is 370 g/mol. The summed E-state index contributed by atoms with van der Waals surface area (Å²) < 4.78 is 7.45. The molecule has 0 radical (unpaired) electrons. The Morgan fingerprint density at radius 1 is 1.21 bits per heavy atom. The van der Waals surface area contributed by atoms with Crippen molar-refractivity contribution in [2.24, 2.45) is 0 Å². The molecular formula is C22H29N3O4. The number of carboxylic acids is 1. The first kappa shape index (κ1) is 21.0. The number of carbonyl (C=O) groups excluding carboxylic acids is 1. The van der Waals surface area contributed by atoms with Crippen molar-refractivity contribution in [2.75, 3.05) is 19.7 Å². The molecule has 2 aromatic rings. The first-order valence-corrected chi connectivity index (χ1v) is 10.0. The van der Waals surface area contributed by atoms with Crippen LogP contribution < -0.4 is 0 Å². The normalized spacial score (nSPS) is 16.8. The molecule has 1 fully saturated rings. The van der Waals surface area contributed by atoms with Crippen LogP contribution in [0.15, 0.2) is 24.3 Å². The van der Waals surface area contributed by atoms with Gasteiger partial charge in [0.25, 0.3) is 0 Å². The lowest BCUT2D eigenvalue weighted by Crippen LogP contribution is -2.46. The Bertz CT molecular complexity index is 873. The molecule has 0 spiro atoms. The maximum absolute atomic E-state index is 12.7. The van der Waals surface area contributed by atoms with E-state index in [4.69, 9.17) is 9.84 Å². The van der Waals surface area contributed by atoms with Crippen LogP contribution in [0.2, 0.25) is 0 Å². The van der Waals surface area contributed by atoms with Crippen molar-refractivity contribution < 1.29 is 19.4 Å². The molecule has 3 rings (SSSR count). The third kappa shape index (κ3) is 5.44. The predicted molar refractivity (Wildman–Crippen MR) is 109 cm³/mol. The number of hydrogen-bond donors (Lipinski definition) is 1. The second kappa shape index (κ2) is 9.22. The fraction of sp³-hybridized carbons (Fsp3) is 0.500. The topological polar surface area (TPSA) is 84.7 Å². The average Bonchev–Trinajstić information content (AvgIpc) is 2.94. The highest BCUT2D eigenvalue weighted by atomic mass is 16.5. The summed E-state index contributed by atoms with van der Waals surface area (Å²) in [5.74, 6) is -0.870. The Balaban J connectivity index is 1.60. The van der Waals surface area contributed by atoms with Crippen LogP contribution in [0.5, 0.6) is 0 Å². The van der Waals surface area contributed by atoms with E-state index in [9.17, 15) is 9.59 Å². The summed E-state index contributed by atoms with van der Waals surface area (Å²) in [7, 11) is 0. The number of aliphatic carboxylic acids is 1. The smallest absolute Gasteiger partial charge is 0.306 e. The van der Waals surface area contributed by atoms with Crippen molar-refractivity contribution in [1.82, 2.24) is 14.7 Å². The van der Waals surface area contributed by atoms with E-state index in [1.165, 1.54) is 11.1 Å². The number of hydrogen-bond acceptors (Lipinski definition) is 4. The Morgan fingerprint density at radius 3 is 2.62 bits per heavy atom. The molecule has 2 heterocycles. The standard InChI is InChI=1S/C22H29N3O4/c1-15-4-6-18(7-5-15)13-25-17(3)20(16(2)23-25)8-9-21(26)24-10-11-29-19(14-24)12-22(27)28/h4-7,19H,8-14H2,1-3H3,(H,27,28)/t19-/m1/s1. The zero-order chi connectivity index (χ0) is 21.0. The number of carboxylic acid groups (broad SMARTS) is 1. The van der Waals surface area contributed by atoms with E-state index in [1.54, 1.807) is 4.90 Å². The number of carbonyl (C=O) groups is 2. The minimum atomic E-state index is -0.906. The minimum absolute atomic E-state index is 0.0359. The predicted octanol–water partition coefficient (Wildman–Crippen LogP) is 2.49. The van der Waals surface area contributed by atoms with Crippen LogP contribution in [-0.2, 0) is 27.3 Å². The van der Waals surface area contributed by atoms with Crippen LogP contribution in [-0.4, -0.2) is 57.5 Å². The first-order chi connectivity index (χ1) is 13.8. The number of ether oxygens (including phenoxy) is 1. The first-order valence-electron chi connectivity index (χ1n) is 10.0. The van der Waals surface area contributed by atoms with Crippen LogP contribution in [0, 0.1) is 20.8 Å². The van der Waals surface area contributed by atoms with Crippen molar-refractivity contribution in [3.05, 3.63) is 52.3 Å². The summed E-state index contributed by atoms with van der Waals surface area (Å²) in [6.07, 6.45) is 0.516. The van der Waals surface area contributed by atoms with Gasteiger partial charge in [-0.1, -0.05) is 29.8 Å². The summed E-state index contributed by atoms with van der Waals surface area (Å²) >= 11 is 0. The summed E-state index contributed by atoms with van der Waals surface area (Å²) in [5, 5.41) is 13.6. The Kier molecular flexibility index (Phi) is 6.69. The Hall–Kier alpha value is -2.67. The van der Waals surface area contributed by atoms with Gasteiger partial charge in [0.1, 0.15) is 0 Å². The highest BCUT2D eigenvalue weighted by molar-refractivity contribution is 5.77. The minimum Gasteiger partial charge on any atom is -0.481 e. The summed E-state index contributed by atoms with van der Waals surface area (Å²) in [4.78, 5) is 25.3. The van der Waals surface area contributed by atoms with Gasteiger partial charge >= 0.3 is 5.97 Å². The monoisotopic (exact) mass is 399 g/mol. The molecule has 7 heteroatoms. The van der Waals surface area contributed by atoms with Gasteiger partial charge in [0.15, 0.2) is 0 Å². The quantitative estimate of drug-likeness (QED) is 0.773. The molecule has 1 amide bonds. The maximum atomic E-state index is 12.7. The summed E-state index contributed by atoms with van der Waals surface area (Å²) in [6.45, 7) is 8.05. The molecule has 1 aliphatic rings. The fourth-order valence-corrected chi connectivity index (χ4v) is 3.77. The molecule has 29 heavy (non-hydrogen) atoms. The SMILES string of the molecule is Cc1ccc(Cn2nc(C)c(CCC(=O)N3CCO[C@H](CC(=O)O)C3)c2C)cc1. The van der Waals surface area contributed by atoms with Crippen LogP contribution in [0.1, 0.15) is 40.9 Å². The Labute approximate surface area is 171 Å². The van der Waals surface area contributed by atoms with Crippen LogP contribution in [0.25, 0.3) is 0 Å². The van der Waals surface area contributed by atoms with Crippen molar-refractivity contribution in [3.63, 3.8) is 0 Å². The molecule has 7 nitrogen and oxygen atoms in total. The van der Waals surface area contributed by atoms with Crippen molar-refractivity contribution in [3.8, 4) is 0 Å². The van der Waals surface area contributed by atoms with Crippen molar-refractivity contribution >= 4 is 11.9 Å². The van der Waals surface area contributed by atoms with Crippen LogP contribution in [0.3, 0.4) is 0 Å². The molecule has 1 aliphatic heterocycles.